The van der Waals surface area contributed by atoms with Crippen molar-refractivity contribution in [1.29, 1.82) is 0 Å². The molecule has 1 aliphatic rings. The van der Waals surface area contributed by atoms with Crippen molar-refractivity contribution in [2.45, 2.75) is 26.7 Å². The second-order valence-corrected chi connectivity index (χ2v) is 5.42. The number of pyridine rings is 1. The molecular formula is C18H29N3O+2. The summed E-state index contributed by atoms with van der Waals surface area (Å²) in [4.78, 5) is 0. The van der Waals surface area contributed by atoms with Crippen LogP contribution in [0.3, 0.4) is 0 Å². The zero-order chi connectivity index (χ0) is 16.4. The van der Waals surface area contributed by atoms with Crippen LogP contribution < -0.4 is 20.2 Å². The molecule has 0 radical (unpaired) electrons. The van der Waals surface area contributed by atoms with Crippen molar-refractivity contribution >= 4 is 0 Å². The van der Waals surface area contributed by atoms with E-state index in [2.05, 4.69) is 47.2 Å². The summed E-state index contributed by atoms with van der Waals surface area (Å²) in [6, 6.07) is 6.20. The number of hydrogen-bond acceptors (Lipinski definition) is 2. The van der Waals surface area contributed by atoms with Crippen LogP contribution >= 0.6 is 0 Å². The molecule has 4 nitrogen and oxygen atoms in total. The van der Waals surface area contributed by atoms with E-state index in [9.17, 15) is 0 Å². The van der Waals surface area contributed by atoms with E-state index < -0.39 is 0 Å². The van der Waals surface area contributed by atoms with Gasteiger partial charge in [-0.15, -0.1) is 0 Å². The number of nitrogens with two attached hydrogens (primary N) is 1. The Morgan fingerprint density at radius 2 is 1.45 bits per heavy atom. The molecule has 0 bridgehead atoms. The van der Waals surface area contributed by atoms with E-state index in [1.165, 1.54) is 49.5 Å². The summed E-state index contributed by atoms with van der Waals surface area (Å²) in [7, 11) is 3.54. The van der Waals surface area contributed by atoms with Crippen molar-refractivity contribution in [2.75, 3.05) is 20.1 Å². The van der Waals surface area contributed by atoms with Crippen LogP contribution in [0.2, 0.25) is 0 Å². The molecule has 0 spiro atoms. The van der Waals surface area contributed by atoms with Crippen LogP contribution in [0.4, 0.5) is 0 Å². The van der Waals surface area contributed by atoms with Gasteiger partial charge in [-0.2, -0.15) is 0 Å². The number of aromatic nitrogens is 1. The Balaban J connectivity index is 0.000000202. The molecule has 0 atom stereocenters. The van der Waals surface area contributed by atoms with Crippen LogP contribution in [0.5, 0.6) is 0 Å². The monoisotopic (exact) mass is 303 g/mol. The fourth-order valence-electron chi connectivity index (χ4n) is 2.62. The van der Waals surface area contributed by atoms with Gasteiger partial charge in [0.2, 0.25) is 5.36 Å². The average Bonchev–Trinajstić information content (AvgIpc) is 3.04. The minimum Gasteiger partial charge on any atom is -0.472 e. The fourth-order valence-corrected chi connectivity index (χ4v) is 2.62. The van der Waals surface area contributed by atoms with Gasteiger partial charge in [0, 0.05) is 36.1 Å². The topological polar surface area (TPSA) is 46.0 Å². The van der Waals surface area contributed by atoms with Gasteiger partial charge in [-0.3, -0.25) is 0 Å². The number of rotatable bonds is 0. The normalized spacial score (nSPS) is 12.9. The number of hydrogen-bond donors (Lipinski definition) is 1. The van der Waals surface area contributed by atoms with Crippen molar-refractivity contribution < 1.29 is 8.98 Å². The molecule has 0 aromatic carbocycles. The van der Waals surface area contributed by atoms with Gasteiger partial charge in [0.15, 0.2) is 12.4 Å². The van der Waals surface area contributed by atoms with Gasteiger partial charge in [-0.05, 0) is 27.0 Å². The predicted molar refractivity (Wildman–Crippen MR) is 90.1 cm³/mol. The Bertz CT molecular complexity index is 556. The molecular weight excluding hydrogens is 274 g/mol. The van der Waals surface area contributed by atoms with E-state index in [4.69, 9.17) is 4.42 Å². The van der Waals surface area contributed by atoms with Gasteiger partial charge in [-0.1, -0.05) is 0 Å². The lowest BCUT2D eigenvalue weighted by atomic mass is 10.2. The maximum atomic E-state index is 4.95. The molecule has 0 aliphatic carbocycles. The van der Waals surface area contributed by atoms with Gasteiger partial charge >= 0.3 is 0 Å². The Labute approximate surface area is 133 Å². The fraction of sp³-hybridized carbons (Fsp3) is 0.444. The minimum atomic E-state index is 1.20. The summed E-state index contributed by atoms with van der Waals surface area (Å²) >= 11 is 0. The third-order valence-electron chi connectivity index (χ3n) is 3.38. The average molecular weight is 303 g/mol. The van der Waals surface area contributed by atoms with Crippen molar-refractivity contribution in [1.82, 2.24) is 4.58 Å². The minimum absolute atomic E-state index is 1.20. The van der Waals surface area contributed by atoms with E-state index >= 15 is 0 Å². The van der Waals surface area contributed by atoms with E-state index in [0.717, 1.165) is 0 Å². The first-order chi connectivity index (χ1) is 10.6. The van der Waals surface area contributed by atoms with Gasteiger partial charge in [0.1, 0.15) is 20.1 Å². The van der Waals surface area contributed by atoms with Crippen LogP contribution in [0.1, 0.15) is 24.0 Å². The van der Waals surface area contributed by atoms with Crippen LogP contribution in [0.15, 0.2) is 47.5 Å². The maximum Gasteiger partial charge on any atom is 0.206 e. The van der Waals surface area contributed by atoms with Crippen LogP contribution in [-0.2, 0) is 7.05 Å². The second kappa shape index (κ2) is 9.90. The molecule has 0 amide bonds. The molecule has 2 aromatic heterocycles. The van der Waals surface area contributed by atoms with Gasteiger partial charge in [-0.25, -0.2) is 9.14 Å². The third kappa shape index (κ3) is 6.22. The van der Waals surface area contributed by atoms with E-state index in [1.54, 1.807) is 12.5 Å². The summed E-state index contributed by atoms with van der Waals surface area (Å²) < 4.78 is 9.41. The summed E-state index contributed by atoms with van der Waals surface area (Å²) in [5.74, 6) is 0. The number of nitrogens with zero attached hydrogens (tertiary/aromatic N) is 2. The summed E-state index contributed by atoms with van der Waals surface area (Å²) in [5.41, 5.74) is 7.13. The first kappa shape index (κ1) is 18.1. The third-order valence-corrected chi connectivity index (χ3v) is 3.38. The Morgan fingerprint density at radius 1 is 0.955 bits per heavy atom. The first-order valence-electron chi connectivity index (χ1n) is 7.77. The maximum absolute atomic E-state index is 4.95. The quantitative estimate of drug-likeness (QED) is 0.751. The lowest BCUT2D eigenvalue weighted by Gasteiger charge is -1.91. The molecule has 22 heavy (non-hydrogen) atoms. The SMILES string of the molecule is CN.Cc1cc(C)c[n+](C)c1.c1cc(=[N+]2CCCC2)cco1. The Morgan fingerprint density at radius 3 is 1.91 bits per heavy atom. The van der Waals surface area contributed by atoms with Gasteiger partial charge in [0.25, 0.3) is 0 Å². The lowest BCUT2D eigenvalue weighted by Crippen LogP contribution is -2.27. The molecule has 2 N–H and O–H groups in total. The second-order valence-electron chi connectivity index (χ2n) is 5.42. The highest BCUT2D eigenvalue weighted by Gasteiger charge is 2.12. The van der Waals surface area contributed by atoms with Crippen molar-refractivity contribution in [3.63, 3.8) is 0 Å². The van der Waals surface area contributed by atoms with Crippen LogP contribution in [-0.4, -0.2) is 20.1 Å². The van der Waals surface area contributed by atoms with E-state index in [1.807, 2.05) is 19.2 Å². The highest BCUT2D eigenvalue weighted by atomic mass is 16.3. The molecule has 1 fully saturated rings. The lowest BCUT2D eigenvalue weighted by molar-refractivity contribution is -0.672. The van der Waals surface area contributed by atoms with Gasteiger partial charge < -0.3 is 10.2 Å². The van der Waals surface area contributed by atoms with Crippen molar-refractivity contribution in [3.05, 3.63) is 59.6 Å². The number of aryl methyl sites for hydroxylation is 3. The molecule has 0 saturated carbocycles. The standard InChI is InChI=1S/C9H12NO.C8H12N.CH5N/c1-2-6-10(5-1)9-3-7-11-8-4-9;1-7-4-8(2)6-9(3)5-7;1-2/h3-4,7-8H,1-2,5-6H2;4-6H,1-3H3;2H2,1H3/q2*+1;. The first-order valence-corrected chi connectivity index (χ1v) is 7.77. The molecule has 2 aromatic rings. The summed E-state index contributed by atoms with van der Waals surface area (Å²) in [6.07, 6.45) is 10.3. The molecule has 3 rings (SSSR count). The largest absolute Gasteiger partial charge is 0.472 e. The molecule has 4 heteroatoms. The zero-order valence-corrected chi connectivity index (χ0v) is 14.2. The highest BCUT2D eigenvalue weighted by Crippen LogP contribution is 1.97. The van der Waals surface area contributed by atoms with E-state index in [0.29, 0.717) is 0 Å². The van der Waals surface area contributed by atoms with Crippen LogP contribution in [0.25, 0.3) is 0 Å². The van der Waals surface area contributed by atoms with Crippen molar-refractivity contribution in [2.24, 2.45) is 12.8 Å². The zero-order valence-electron chi connectivity index (χ0n) is 14.2. The molecule has 120 valence electrons. The smallest absolute Gasteiger partial charge is 0.206 e. The van der Waals surface area contributed by atoms with Crippen molar-refractivity contribution in [3.8, 4) is 0 Å². The molecule has 1 aliphatic heterocycles. The Hall–Kier alpha value is -1.94. The highest BCUT2D eigenvalue weighted by molar-refractivity contribution is 5.11. The summed E-state index contributed by atoms with van der Waals surface area (Å²) in [5, 5.41) is 1.29. The summed E-state index contributed by atoms with van der Waals surface area (Å²) in [6.45, 7) is 6.61. The predicted octanol–water partition coefficient (Wildman–Crippen LogP) is 1.55. The van der Waals surface area contributed by atoms with E-state index in [-0.39, 0.29) is 0 Å². The van der Waals surface area contributed by atoms with Gasteiger partial charge in [0.05, 0.1) is 12.5 Å². The molecule has 0 unspecified atom stereocenters. The molecule has 1 saturated heterocycles. The Kier molecular flexibility index (Phi) is 8.15. The molecule has 3 heterocycles. The van der Waals surface area contributed by atoms with Crippen LogP contribution in [0, 0.1) is 13.8 Å².